The number of hydrogen-bond donors (Lipinski definition) is 1. The molecule has 2 fully saturated rings. The lowest BCUT2D eigenvalue weighted by Gasteiger charge is -2.43. The lowest BCUT2D eigenvalue weighted by molar-refractivity contribution is 0.0678. The van der Waals surface area contributed by atoms with Crippen molar-refractivity contribution < 1.29 is 4.74 Å². The van der Waals surface area contributed by atoms with Crippen LogP contribution in [0.1, 0.15) is 27.2 Å². The van der Waals surface area contributed by atoms with E-state index in [1.165, 1.54) is 13.0 Å². The smallest absolute Gasteiger partial charge is 0.0622 e. The van der Waals surface area contributed by atoms with Gasteiger partial charge in [0.1, 0.15) is 0 Å². The van der Waals surface area contributed by atoms with E-state index in [4.69, 9.17) is 4.74 Å². The summed E-state index contributed by atoms with van der Waals surface area (Å²) in [6.07, 6.45) is 1.22. The molecule has 0 aromatic carbocycles. The summed E-state index contributed by atoms with van der Waals surface area (Å²) in [4.78, 5) is 2.65. The molecule has 0 bridgehead atoms. The van der Waals surface area contributed by atoms with Crippen LogP contribution in [0.3, 0.4) is 0 Å². The van der Waals surface area contributed by atoms with Gasteiger partial charge in [0.15, 0.2) is 0 Å². The third-order valence-electron chi connectivity index (χ3n) is 3.83. The van der Waals surface area contributed by atoms with Gasteiger partial charge in [0, 0.05) is 37.8 Å². The van der Waals surface area contributed by atoms with E-state index in [2.05, 4.69) is 31.0 Å². The molecule has 0 spiro atoms. The Balaban J connectivity index is 1.95. The molecule has 15 heavy (non-hydrogen) atoms. The molecule has 0 aromatic heterocycles. The molecule has 0 saturated carbocycles. The lowest BCUT2D eigenvalue weighted by Crippen LogP contribution is -2.60. The third-order valence-corrected chi connectivity index (χ3v) is 3.83. The van der Waals surface area contributed by atoms with E-state index in [1.807, 2.05) is 0 Å². The summed E-state index contributed by atoms with van der Waals surface area (Å²) in [6, 6.07) is 1.98. The zero-order chi connectivity index (χ0) is 10.8. The first-order valence-electron chi connectivity index (χ1n) is 6.25. The van der Waals surface area contributed by atoms with Crippen molar-refractivity contribution in [1.82, 2.24) is 10.2 Å². The quantitative estimate of drug-likeness (QED) is 0.741. The molecule has 3 unspecified atom stereocenters. The van der Waals surface area contributed by atoms with E-state index in [9.17, 15) is 0 Å². The van der Waals surface area contributed by atoms with Crippen molar-refractivity contribution in [2.75, 3.05) is 26.3 Å². The van der Waals surface area contributed by atoms with Gasteiger partial charge in [-0.3, -0.25) is 4.90 Å². The number of rotatable bonds is 2. The number of nitrogens with one attached hydrogen (secondary N) is 1. The van der Waals surface area contributed by atoms with E-state index in [0.29, 0.717) is 18.1 Å². The Morgan fingerprint density at radius 2 is 2.20 bits per heavy atom. The van der Waals surface area contributed by atoms with Crippen LogP contribution in [0.25, 0.3) is 0 Å². The Bertz CT molecular complexity index is 202. The first-order valence-corrected chi connectivity index (χ1v) is 6.25. The standard InChI is InChI=1S/C12H24N2O/c1-9(2)12-7-14(10(3)6-13-12)11-4-5-15-8-11/h9-13H,4-8H2,1-3H3. The summed E-state index contributed by atoms with van der Waals surface area (Å²) in [7, 11) is 0. The predicted molar refractivity (Wildman–Crippen MR) is 62.0 cm³/mol. The van der Waals surface area contributed by atoms with Gasteiger partial charge in [-0.05, 0) is 19.3 Å². The molecule has 2 aliphatic heterocycles. The van der Waals surface area contributed by atoms with Gasteiger partial charge in [-0.15, -0.1) is 0 Å². The molecule has 88 valence electrons. The molecule has 3 atom stereocenters. The minimum atomic E-state index is 0.654. The molecule has 0 amide bonds. The number of ether oxygens (including phenoxy) is 1. The maximum absolute atomic E-state index is 5.49. The largest absolute Gasteiger partial charge is 0.380 e. The van der Waals surface area contributed by atoms with Crippen LogP contribution in [0.5, 0.6) is 0 Å². The topological polar surface area (TPSA) is 24.5 Å². The molecule has 0 aliphatic carbocycles. The first kappa shape index (κ1) is 11.4. The molecule has 2 aliphatic rings. The highest BCUT2D eigenvalue weighted by atomic mass is 16.5. The number of nitrogens with zero attached hydrogens (tertiary/aromatic N) is 1. The monoisotopic (exact) mass is 212 g/mol. The number of hydrogen-bond acceptors (Lipinski definition) is 3. The van der Waals surface area contributed by atoms with Crippen LogP contribution >= 0.6 is 0 Å². The zero-order valence-electron chi connectivity index (χ0n) is 10.2. The van der Waals surface area contributed by atoms with Crippen LogP contribution in [-0.4, -0.2) is 49.3 Å². The van der Waals surface area contributed by atoms with E-state index >= 15 is 0 Å². The number of piperazine rings is 1. The van der Waals surface area contributed by atoms with Crippen molar-refractivity contribution in [3.8, 4) is 0 Å². The minimum absolute atomic E-state index is 0.654. The van der Waals surface area contributed by atoms with Gasteiger partial charge >= 0.3 is 0 Å². The minimum Gasteiger partial charge on any atom is -0.380 e. The van der Waals surface area contributed by atoms with E-state index in [-0.39, 0.29) is 0 Å². The van der Waals surface area contributed by atoms with Crippen LogP contribution in [-0.2, 0) is 4.74 Å². The Kier molecular flexibility index (Phi) is 3.65. The first-order chi connectivity index (χ1) is 7.18. The van der Waals surface area contributed by atoms with Crippen LogP contribution in [0.4, 0.5) is 0 Å². The maximum Gasteiger partial charge on any atom is 0.0622 e. The normalized spacial score (nSPS) is 38.8. The SMILES string of the molecule is CC(C)C1CN(C2CCOC2)C(C)CN1. The van der Waals surface area contributed by atoms with E-state index in [0.717, 1.165) is 25.7 Å². The Labute approximate surface area is 93.2 Å². The Hall–Kier alpha value is -0.120. The lowest BCUT2D eigenvalue weighted by atomic mass is 9.98. The van der Waals surface area contributed by atoms with Gasteiger partial charge in [0.05, 0.1) is 6.61 Å². The molecule has 3 heteroatoms. The van der Waals surface area contributed by atoms with Crippen LogP contribution in [0.15, 0.2) is 0 Å². The molecule has 0 radical (unpaired) electrons. The fourth-order valence-electron chi connectivity index (χ4n) is 2.65. The molecule has 3 nitrogen and oxygen atoms in total. The second kappa shape index (κ2) is 4.81. The van der Waals surface area contributed by atoms with Crippen molar-refractivity contribution in [2.24, 2.45) is 5.92 Å². The van der Waals surface area contributed by atoms with Gasteiger partial charge < -0.3 is 10.1 Å². The van der Waals surface area contributed by atoms with Crippen LogP contribution in [0.2, 0.25) is 0 Å². The van der Waals surface area contributed by atoms with Gasteiger partial charge in [-0.25, -0.2) is 0 Å². The molecular weight excluding hydrogens is 188 g/mol. The molecule has 0 aromatic rings. The van der Waals surface area contributed by atoms with Crippen molar-refractivity contribution in [2.45, 2.75) is 45.3 Å². The highest BCUT2D eigenvalue weighted by Crippen LogP contribution is 2.20. The summed E-state index contributed by atoms with van der Waals surface area (Å²) in [5.74, 6) is 0.724. The summed E-state index contributed by atoms with van der Waals surface area (Å²) >= 11 is 0. The van der Waals surface area contributed by atoms with Gasteiger partial charge in [0.2, 0.25) is 0 Å². The molecule has 1 N–H and O–H groups in total. The summed E-state index contributed by atoms with van der Waals surface area (Å²) < 4.78 is 5.49. The highest BCUT2D eigenvalue weighted by molar-refractivity contribution is 4.90. The summed E-state index contributed by atoms with van der Waals surface area (Å²) in [5, 5.41) is 3.64. The second-order valence-corrected chi connectivity index (χ2v) is 5.32. The zero-order valence-corrected chi connectivity index (χ0v) is 10.2. The van der Waals surface area contributed by atoms with Crippen molar-refractivity contribution in [1.29, 1.82) is 0 Å². The average Bonchev–Trinajstić information content (AvgIpc) is 2.71. The van der Waals surface area contributed by atoms with Crippen LogP contribution < -0.4 is 5.32 Å². The maximum atomic E-state index is 5.49. The molecule has 2 rings (SSSR count). The van der Waals surface area contributed by atoms with Gasteiger partial charge in [-0.2, -0.15) is 0 Å². The van der Waals surface area contributed by atoms with Crippen molar-refractivity contribution in [3.05, 3.63) is 0 Å². The predicted octanol–water partition coefficient (Wildman–Crippen LogP) is 1.09. The Morgan fingerprint density at radius 3 is 2.80 bits per heavy atom. The molecule has 2 saturated heterocycles. The molecular formula is C12H24N2O. The van der Waals surface area contributed by atoms with E-state index in [1.54, 1.807) is 0 Å². The summed E-state index contributed by atoms with van der Waals surface area (Å²) in [6.45, 7) is 11.1. The Morgan fingerprint density at radius 1 is 1.40 bits per heavy atom. The van der Waals surface area contributed by atoms with Crippen molar-refractivity contribution >= 4 is 0 Å². The fraction of sp³-hybridized carbons (Fsp3) is 1.00. The third kappa shape index (κ3) is 2.52. The highest BCUT2D eigenvalue weighted by Gasteiger charge is 2.33. The second-order valence-electron chi connectivity index (χ2n) is 5.32. The average molecular weight is 212 g/mol. The molecule has 2 heterocycles. The van der Waals surface area contributed by atoms with Gasteiger partial charge in [-0.1, -0.05) is 13.8 Å². The van der Waals surface area contributed by atoms with Crippen LogP contribution in [0, 0.1) is 5.92 Å². The van der Waals surface area contributed by atoms with Gasteiger partial charge in [0.25, 0.3) is 0 Å². The fourth-order valence-corrected chi connectivity index (χ4v) is 2.65. The summed E-state index contributed by atoms with van der Waals surface area (Å²) in [5.41, 5.74) is 0. The van der Waals surface area contributed by atoms with E-state index < -0.39 is 0 Å². The van der Waals surface area contributed by atoms with Crippen molar-refractivity contribution in [3.63, 3.8) is 0 Å².